The zero-order valence-electron chi connectivity index (χ0n) is 11.6. The number of carbonyl (C=O) groups excluding carboxylic acids is 1. The fourth-order valence-corrected chi connectivity index (χ4v) is 3.54. The number of nitrogens with one attached hydrogen (secondary N) is 2. The Morgan fingerprint density at radius 2 is 1.91 bits per heavy atom. The van der Waals surface area contributed by atoms with Gasteiger partial charge < -0.3 is 10.6 Å². The van der Waals surface area contributed by atoms with Crippen molar-refractivity contribution in [2.45, 2.75) is 17.4 Å². The molecular weight excluding hydrogens is 306 g/mol. The number of fused-ring (bicyclic) bond motifs is 1. The topological polar surface area (TPSA) is 41.1 Å². The maximum Gasteiger partial charge on any atom is 0.319 e. The van der Waals surface area contributed by atoms with Gasteiger partial charge in [0.1, 0.15) is 11.6 Å². The van der Waals surface area contributed by atoms with Crippen molar-refractivity contribution in [1.29, 1.82) is 0 Å². The number of carbonyl (C=O) groups is 1. The molecule has 0 aromatic heterocycles. The van der Waals surface area contributed by atoms with Gasteiger partial charge in [0.15, 0.2) is 0 Å². The Bertz CT molecular complexity index is 691. The monoisotopic (exact) mass is 320 g/mol. The molecule has 0 radical (unpaired) electrons. The molecular formula is C16H14F2N2OS. The van der Waals surface area contributed by atoms with Crippen molar-refractivity contribution in [1.82, 2.24) is 5.32 Å². The third-order valence-electron chi connectivity index (χ3n) is 3.43. The summed E-state index contributed by atoms with van der Waals surface area (Å²) >= 11 is 1.46. The van der Waals surface area contributed by atoms with E-state index in [1.165, 1.54) is 42.1 Å². The van der Waals surface area contributed by atoms with Crippen molar-refractivity contribution in [3.05, 3.63) is 59.7 Å². The van der Waals surface area contributed by atoms with Gasteiger partial charge in [-0.1, -0.05) is 12.1 Å². The largest absolute Gasteiger partial charge is 0.331 e. The molecule has 0 saturated carbocycles. The summed E-state index contributed by atoms with van der Waals surface area (Å²) in [7, 11) is 0. The Morgan fingerprint density at radius 3 is 2.68 bits per heavy atom. The van der Waals surface area contributed by atoms with E-state index in [1.54, 1.807) is 6.07 Å². The number of thioether (sulfide) groups is 1. The van der Waals surface area contributed by atoms with E-state index >= 15 is 0 Å². The minimum atomic E-state index is -0.390. The van der Waals surface area contributed by atoms with E-state index in [-0.39, 0.29) is 17.7 Å². The van der Waals surface area contributed by atoms with E-state index in [0.717, 1.165) is 17.7 Å². The van der Waals surface area contributed by atoms with Gasteiger partial charge in [-0.05, 0) is 42.3 Å². The Balaban J connectivity index is 1.70. The standard InChI is InChI=1S/C16H14F2N2OS/c17-10-4-6-11(7-5-10)19-16(21)20-14-8-9-22-15-12(14)2-1-3-13(15)18/h1-7,14H,8-9H2,(H2,19,20,21)/t14-/m1/s1. The van der Waals surface area contributed by atoms with Crippen LogP contribution in [-0.2, 0) is 0 Å². The van der Waals surface area contributed by atoms with Crippen LogP contribution in [0.25, 0.3) is 0 Å². The number of benzene rings is 2. The molecule has 3 nitrogen and oxygen atoms in total. The van der Waals surface area contributed by atoms with Gasteiger partial charge in [-0.2, -0.15) is 0 Å². The van der Waals surface area contributed by atoms with Crippen molar-refractivity contribution in [2.75, 3.05) is 11.1 Å². The van der Waals surface area contributed by atoms with Crippen molar-refractivity contribution in [3.8, 4) is 0 Å². The SMILES string of the molecule is O=C(Nc1ccc(F)cc1)N[C@@H]1CCSc2c(F)cccc21. The first-order valence-electron chi connectivity index (χ1n) is 6.88. The summed E-state index contributed by atoms with van der Waals surface area (Å²) in [5.74, 6) is 0.128. The van der Waals surface area contributed by atoms with E-state index in [1.807, 2.05) is 6.07 Å². The molecule has 0 aliphatic carbocycles. The lowest BCUT2D eigenvalue weighted by Crippen LogP contribution is -2.34. The van der Waals surface area contributed by atoms with E-state index in [0.29, 0.717) is 10.6 Å². The zero-order valence-corrected chi connectivity index (χ0v) is 12.4. The zero-order chi connectivity index (χ0) is 15.5. The maximum atomic E-state index is 13.8. The summed E-state index contributed by atoms with van der Waals surface area (Å²) in [6, 6.07) is 9.80. The van der Waals surface area contributed by atoms with Gasteiger partial charge in [0, 0.05) is 16.3 Å². The van der Waals surface area contributed by atoms with Gasteiger partial charge in [0.05, 0.1) is 6.04 Å². The van der Waals surface area contributed by atoms with E-state index in [9.17, 15) is 13.6 Å². The van der Waals surface area contributed by atoms with Crippen LogP contribution >= 0.6 is 11.8 Å². The lowest BCUT2D eigenvalue weighted by atomic mass is 10.0. The van der Waals surface area contributed by atoms with Crippen molar-refractivity contribution >= 4 is 23.5 Å². The average Bonchev–Trinajstić information content (AvgIpc) is 2.51. The quantitative estimate of drug-likeness (QED) is 0.865. The molecule has 3 rings (SSSR count). The van der Waals surface area contributed by atoms with Crippen molar-refractivity contribution < 1.29 is 13.6 Å². The second-order valence-corrected chi connectivity index (χ2v) is 6.06. The van der Waals surface area contributed by atoms with E-state index in [4.69, 9.17) is 0 Å². The Kier molecular flexibility index (Phi) is 4.29. The molecule has 22 heavy (non-hydrogen) atoms. The first-order chi connectivity index (χ1) is 10.6. The number of hydrogen-bond donors (Lipinski definition) is 2. The van der Waals surface area contributed by atoms with Crippen LogP contribution < -0.4 is 10.6 Å². The molecule has 0 saturated heterocycles. The van der Waals surface area contributed by atoms with Crippen LogP contribution in [0.2, 0.25) is 0 Å². The lowest BCUT2D eigenvalue weighted by molar-refractivity contribution is 0.248. The van der Waals surface area contributed by atoms with Crippen LogP contribution in [0.15, 0.2) is 47.4 Å². The van der Waals surface area contributed by atoms with Crippen molar-refractivity contribution in [3.63, 3.8) is 0 Å². The van der Waals surface area contributed by atoms with Crippen LogP contribution in [0.5, 0.6) is 0 Å². The number of halogens is 2. The predicted molar refractivity (Wildman–Crippen MR) is 83.0 cm³/mol. The molecule has 1 atom stereocenters. The molecule has 0 bridgehead atoms. The number of amides is 2. The number of hydrogen-bond acceptors (Lipinski definition) is 2. The molecule has 0 fully saturated rings. The normalized spacial score (nSPS) is 16.7. The predicted octanol–water partition coefficient (Wildman–Crippen LogP) is 4.32. The molecule has 2 amide bonds. The first-order valence-corrected chi connectivity index (χ1v) is 7.86. The molecule has 1 aliphatic heterocycles. The molecule has 114 valence electrons. The summed E-state index contributed by atoms with van der Waals surface area (Å²) in [6.07, 6.45) is 0.734. The molecule has 0 unspecified atom stereocenters. The first kappa shape index (κ1) is 14.8. The van der Waals surface area contributed by atoms with E-state index < -0.39 is 6.03 Å². The minimum absolute atomic E-state index is 0.229. The van der Waals surface area contributed by atoms with Gasteiger partial charge in [-0.15, -0.1) is 11.8 Å². The third kappa shape index (κ3) is 3.22. The molecule has 2 aromatic carbocycles. The third-order valence-corrected chi connectivity index (χ3v) is 4.59. The van der Waals surface area contributed by atoms with Gasteiger partial charge in [-0.25, -0.2) is 13.6 Å². The highest BCUT2D eigenvalue weighted by Gasteiger charge is 2.24. The van der Waals surface area contributed by atoms with Crippen molar-refractivity contribution in [2.24, 2.45) is 0 Å². The fraction of sp³-hybridized carbons (Fsp3) is 0.188. The second-order valence-electron chi connectivity index (χ2n) is 4.95. The van der Waals surface area contributed by atoms with Gasteiger partial charge in [0.2, 0.25) is 0 Å². The van der Waals surface area contributed by atoms with Gasteiger partial charge in [0.25, 0.3) is 0 Å². The molecule has 2 aromatic rings. The molecule has 1 aliphatic rings. The van der Waals surface area contributed by atoms with Crippen LogP contribution in [0.1, 0.15) is 18.0 Å². The van der Waals surface area contributed by atoms with Crippen LogP contribution in [0.3, 0.4) is 0 Å². The minimum Gasteiger partial charge on any atom is -0.331 e. The highest BCUT2D eigenvalue weighted by molar-refractivity contribution is 7.99. The summed E-state index contributed by atoms with van der Waals surface area (Å²) in [6.45, 7) is 0. The highest BCUT2D eigenvalue weighted by atomic mass is 32.2. The summed E-state index contributed by atoms with van der Waals surface area (Å²) in [5, 5.41) is 5.49. The molecule has 1 heterocycles. The molecule has 6 heteroatoms. The van der Waals surface area contributed by atoms with Crippen LogP contribution in [-0.4, -0.2) is 11.8 Å². The molecule has 0 spiro atoms. The Hall–Kier alpha value is -2.08. The lowest BCUT2D eigenvalue weighted by Gasteiger charge is -2.26. The van der Waals surface area contributed by atoms with Gasteiger partial charge >= 0.3 is 6.03 Å². The number of rotatable bonds is 2. The molecule has 2 N–H and O–H groups in total. The maximum absolute atomic E-state index is 13.8. The fourth-order valence-electron chi connectivity index (χ4n) is 2.40. The summed E-state index contributed by atoms with van der Waals surface area (Å²) in [4.78, 5) is 12.6. The highest BCUT2D eigenvalue weighted by Crippen LogP contribution is 2.37. The van der Waals surface area contributed by atoms with E-state index in [2.05, 4.69) is 10.6 Å². The smallest absolute Gasteiger partial charge is 0.319 e. The number of anilines is 1. The van der Waals surface area contributed by atoms with Gasteiger partial charge in [-0.3, -0.25) is 0 Å². The van der Waals surface area contributed by atoms with Crippen LogP contribution in [0, 0.1) is 11.6 Å². The van der Waals surface area contributed by atoms with Crippen LogP contribution in [0.4, 0.5) is 19.3 Å². The number of urea groups is 1. The second kappa shape index (κ2) is 6.36. The Labute approximate surface area is 131 Å². The summed E-state index contributed by atoms with van der Waals surface area (Å²) < 4.78 is 26.6. The Morgan fingerprint density at radius 1 is 1.14 bits per heavy atom. The average molecular weight is 320 g/mol. The summed E-state index contributed by atoms with van der Waals surface area (Å²) in [5.41, 5.74) is 1.30.